The van der Waals surface area contributed by atoms with Crippen LogP contribution < -0.4 is 0 Å². The second-order valence-corrected chi connectivity index (χ2v) is 18.1. The molecule has 0 fully saturated rings. The monoisotopic (exact) mass is 584 g/mol. The Kier molecular flexibility index (Phi) is 20.8. The van der Waals surface area contributed by atoms with Gasteiger partial charge >= 0.3 is 179 Å². The van der Waals surface area contributed by atoms with Crippen molar-refractivity contribution in [3.8, 4) is 0 Å². The largest absolute Gasteiger partial charge is 0.394 e. The minimum Gasteiger partial charge on any atom is -0.394 e. The fourth-order valence-electron chi connectivity index (χ4n) is 1.87. The quantitative estimate of drug-likeness (QED) is 0.0970. The fraction of sp³-hybridized carbons (Fsp3) is 0.429. The molecule has 0 aliphatic carbocycles. The van der Waals surface area contributed by atoms with Crippen molar-refractivity contribution in [1.29, 1.82) is 0 Å². The third kappa shape index (κ3) is 31.3. The molecule has 0 radical (unpaired) electrons. The zero-order chi connectivity index (χ0) is 29.8. The average molecular weight is 585 g/mol. The van der Waals surface area contributed by atoms with Gasteiger partial charge in [-0.25, -0.2) is 0 Å². The molecule has 0 aromatic heterocycles. The summed E-state index contributed by atoms with van der Waals surface area (Å²) < 4.78 is 0. The number of aliphatic hydroxyl groups is 3. The molecule has 0 rings (SSSR count). The van der Waals surface area contributed by atoms with Crippen LogP contribution in [0.25, 0.3) is 0 Å². The van der Waals surface area contributed by atoms with E-state index in [2.05, 4.69) is 39.5 Å². The predicted octanol–water partition coefficient (Wildman–Crippen LogP) is 0.233. The fourth-order valence-corrected chi connectivity index (χ4v) is 5.49. The van der Waals surface area contributed by atoms with Gasteiger partial charge in [0.25, 0.3) is 0 Å². The van der Waals surface area contributed by atoms with Gasteiger partial charge in [-0.15, -0.1) is 0 Å². The summed E-state index contributed by atoms with van der Waals surface area (Å²) in [5, 5.41) is 24.0. The third-order valence-electron chi connectivity index (χ3n) is 3.44. The molecule has 0 atom stereocenters. The Morgan fingerprint density at radius 2 is 0.556 bits per heavy atom. The molecule has 0 aromatic rings. The zero-order valence-corrected chi connectivity index (χ0v) is 23.3. The van der Waals surface area contributed by atoms with E-state index in [1.807, 2.05) is 0 Å². The molecule has 36 heavy (non-hydrogen) atoms. The van der Waals surface area contributed by atoms with Crippen LogP contribution in [-0.4, -0.2) is 116 Å². The first-order valence-electron chi connectivity index (χ1n) is 10.3. The summed E-state index contributed by atoms with van der Waals surface area (Å²) in [6, 6.07) is 0. The number of hydrogen-bond donors (Lipinski definition) is 12. The van der Waals surface area contributed by atoms with Crippen LogP contribution in [0.1, 0.15) is 0 Å². The number of hydrogen-bond acceptors (Lipinski definition) is 12. The second-order valence-electron chi connectivity index (χ2n) is 7.87. The van der Waals surface area contributed by atoms with E-state index in [0.29, 0.717) is 0 Å². The minimum atomic E-state index is -4.40. The molecule has 12 N–H and O–H groups in total. The Bertz CT molecular complexity index is 554. The van der Waals surface area contributed by atoms with E-state index >= 15 is 0 Å². The average Bonchev–Trinajstić information content (AvgIpc) is 2.66. The van der Waals surface area contributed by atoms with Crippen LogP contribution in [0.4, 0.5) is 0 Å². The van der Waals surface area contributed by atoms with Gasteiger partial charge in [0, 0.05) is 0 Å². The molecule has 0 bridgehead atoms. The topological polar surface area (TPSA) is 243 Å². The molecule has 218 valence electrons. The van der Waals surface area contributed by atoms with E-state index in [4.69, 9.17) is 59.4 Å². The van der Waals surface area contributed by atoms with Crippen LogP contribution in [0.5, 0.6) is 0 Å². The van der Waals surface area contributed by atoms with Gasteiger partial charge in [-0.1, -0.05) is 0 Å². The Morgan fingerprint density at radius 1 is 0.417 bits per heavy atom. The first kappa shape index (κ1) is 42.3. The van der Waals surface area contributed by atoms with Gasteiger partial charge in [-0.2, -0.15) is 0 Å². The van der Waals surface area contributed by atoms with E-state index in [1.54, 1.807) is 0 Å². The number of rotatable bonds is 14. The van der Waals surface area contributed by atoms with Crippen LogP contribution >= 0.6 is 21.9 Å². The first-order valence-corrected chi connectivity index (χ1v) is 17.7. The molecule has 12 nitrogen and oxygen atoms in total. The summed E-state index contributed by atoms with van der Waals surface area (Å²) in [5.74, 6) is 0. The molecule has 0 aromatic carbocycles. The molecule has 0 saturated heterocycles. The Balaban J connectivity index is -0.000000193. The molecule has 15 heteroatoms. The van der Waals surface area contributed by atoms with E-state index < -0.39 is 28.0 Å². The van der Waals surface area contributed by atoms with Crippen molar-refractivity contribution in [3.63, 3.8) is 0 Å². The minimum absolute atomic E-state index is 0.169. The third-order valence-corrected chi connectivity index (χ3v) is 9.48. The normalized spacial score (nSPS) is 14.4. The number of aliphatic hydroxyl groups excluding tert-OH is 3. The summed E-state index contributed by atoms with van der Waals surface area (Å²) in [5.41, 5.74) is 0. The van der Waals surface area contributed by atoms with Crippen LogP contribution in [0, 0.1) is 0 Å². The smallest absolute Gasteiger partial charge is 0.100 e. The van der Waals surface area contributed by atoms with E-state index in [9.17, 15) is 0 Å². The van der Waals surface area contributed by atoms with Crippen molar-refractivity contribution in [3.05, 3.63) is 75.9 Å². The number of allylic oxidation sites excluding steroid dienone is 6. The van der Waals surface area contributed by atoms with Gasteiger partial charge in [0.05, 0.1) is 13.2 Å². The van der Waals surface area contributed by atoms with Crippen molar-refractivity contribution < 1.29 is 59.4 Å². The van der Waals surface area contributed by atoms with Crippen LogP contribution in [0.3, 0.4) is 0 Å². The van der Waals surface area contributed by atoms with Crippen LogP contribution in [-0.2, 0) is 0 Å². The second kappa shape index (κ2) is 17.7. The van der Waals surface area contributed by atoms with Crippen LogP contribution in [0.15, 0.2) is 75.9 Å². The summed E-state index contributed by atoms with van der Waals surface area (Å²) in [4.78, 5) is 81.7. The molecule has 0 aliphatic rings. The van der Waals surface area contributed by atoms with Gasteiger partial charge in [0.15, 0.2) is 0 Å². The maximum absolute atomic E-state index is 9.08. The molecular weight excluding hydrogens is 537 g/mol. The molecular formula is C21H47O12P3. The maximum Gasteiger partial charge on any atom is 0.100 e. The molecule has 0 amide bonds. The Labute approximate surface area is 213 Å². The molecule has 0 saturated carbocycles. The standard InChI is InChI=1S/3C6H13O3P.C3H8O3/c3*1-3-5-10(7,8,9)6-4-2;4-1-3(6)2-5/h3*3-4,7-9H,1-2,5-6H2;3-6H,1-2H2. The molecule has 0 unspecified atom stereocenters. The summed E-state index contributed by atoms with van der Waals surface area (Å²) in [6.07, 6.45) is 5.71. The van der Waals surface area contributed by atoms with Crippen molar-refractivity contribution in [2.75, 3.05) is 50.2 Å². The Morgan fingerprint density at radius 3 is 0.611 bits per heavy atom. The zero-order valence-electron chi connectivity index (χ0n) is 20.6. The summed E-state index contributed by atoms with van der Waals surface area (Å²) in [6.45, 7) is 19.0. The SMILES string of the molecule is C=CCP(O)(O)(O)CC=C.C=CCP(O)(O)(O)CC=C.C=CCP(O)(O)(O)CC=C.OCC(O)CO. The van der Waals surface area contributed by atoms with E-state index in [-0.39, 0.29) is 50.2 Å². The van der Waals surface area contributed by atoms with Crippen LogP contribution in [0.2, 0.25) is 0 Å². The van der Waals surface area contributed by atoms with Gasteiger partial charge in [-0.05, 0) is 0 Å². The summed E-state index contributed by atoms with van der Waals surface area (Å²) in [7, 11) is -13.2. The predicted molar refractivity (Wildman–Crippen MR) is 151 cm³/mol. The maximum atomic E-state index is 9.08. The van der Waals surface area contributed by atoms with E-state index in [1.165, 1.54) is 36.5 Å². The first-order chi connectivity index (χ1) is 16.0. The summed E-state index contributed by atoms with van der Waals surface area (Å²) >= 11 is 0. The van der Waals surface area contributed by atoms with Crippen molar-refractivity contribution in [2.24, 2.45) is 0 Å². The van der Waals surface area contributed by atoms with Gasteiger partial charge in [0.2, 0.25) is 0 Å². The Hall–Kier alpha value is -0.750. The van der Waals surface area contributed by atoms with Crippen molar-refractivity contribution in [1.82, 2.24) is 0 Å². The van der Waals surface area contributed by atoms with Crippen molar-refractivity contribution in [2.45, 2.75) is 6.10 Å². The van der Waals surface area contributed by atoms with Gasteiger partial charge in [-0.3, -0.25) is 0 Å². The van der Waals surface area contributed by atoms with Crippen molar-refractivity contribution >= 4 is 21.9 Å². The molecule has 0 aliphatic heterocycles. The molecule has 0 heterocycles. The van der Waals surface area contributed by atoms with Gasteiger partial charge < -0.3 is 15.3 Å². The molecule has 0 spiro atoms. The van der Waals surface area contributed by atoms with E-state index in [0.717, 1.165) is 0 Å². The van der Waals surface area contributed by atoms with Gasteiger partial charge in [0.1, 0.15) is 6.10 Å².